The van der Waals surface area contributed by atoms with Gasteiger partial charge in [-0.25, -0.2) is 14.0 Å². The molecular formula is C28H21FO7. The molecule has 0 bridgehead atoms. The van der Waals surface area contributed by atoms with E-state index in [2.05, 4.69) is 13.2 Å². The first-order valence-corrected chi connectivity index (χ1v) is 10.5. The highest BCUT2D eigenvalue weighted by Crippen LogP contribution is 2.31. The van der Waals surface area contributed by atoms with Crippen molar-refractivity contribution in [3.8, 4) is 34.1 Å². The van der Waals surface area contributed by atoms with Crippen LogP contribution in [0.2, 0.25) is 0 Å². The third-order valence-corrected chi connectivity index (χ3v) is 4.76. The Kier molecular flexibility index (Phi) is 8.50. The van der Waals surface area contributed by atoms with Crippen LogP contribution in [-0.4, -0.2) is 25.5 Å². The van der Waals surface area contributed by atoms with E-state index in [1.54, 1.807) is 36.4 Å². The Labute approximate surface area is 206 Å². The predicted molar refractivity (Wildman–Crippen MR) is 132 cm³/mol. The van der Waals surface area contributed by atoms with Gasteiger partial charge in [0.15, 0.2) is 0 Å². The summed E-state index contributed by atoms with van der Waals surface area (Å²) in [4.78, 5) is 33.8. The van der Waals surface area contributed by atoms with E-state index in [4.69, 9.17) is 18.9 Å². The topological polar surface area (TPSA) is 88.1 Å². The van der Waals surface area contributed by atoms with Gasteiger partial charge in [-0.15, -0.1) is 0 Å². The van der Waals surface area contributed by atoms with Crippen molar-refractivity contribution in [1.29, 1.82) is 0 Å². The molecule has 3 aromatic rings. The summed E-state index contributed by atoms with van der Waals surface area (Å²) >= 11 is 0. The molecule has 0 spiro atoms. The minimum absolute atomic E-state index is 0.101. The Balaban J connectivity index is 1.90. The van der Waals surface area contributed by atoms with E-state index >= 15 is 0 Å². The number of halogens is 1. The maximum atomic E-state index is 15.0. The number of hydrogen-bond donors (Lipinski definition) is 0. The molecule has 7 nitrogen and oxygen atoms in total. The van der Waals surface area contributed by atoms with Crippen LogP contribution in [0.15, 0.2) is 79.9 Å². The number of ether oxygens (including phenoxy) is 4. The van der Waals surface area contributed by atoms with E-state index in [0.29, 0.717) is 22.4 Å². The van der Waals surface area contributed by atoms with Crippen LogP contribution in [0.3, 0.4) is 0 Å². The van der Waals surface area contributed by atoms with Gasteiger partial charge in [-0.1, -0.05) is 37.4 Å². The van der Waals surface area contributed by atoms with Crippen molar-refractivity contribution in [2.24, 2.45) is 0 Å². The highest BCUT2D eigenvalue weighted by atomic mass is 19.1. The summed E-state index contributed by atoms with van der Waals surface area (Å²) in [6, 6.07) is 13.7. The van der Waals surface area contributed by atoms with Crippen LogP contribution in [0, 0.1) is 5.82 Å². The molecule has 0 heterocycles. The summed E-state index contributed by atoms with van der Waals surface area (Å²) in [5, 5.41) is 0. The maximum Gasteiger partial charge on any atom is 0.335 e. The van der Waals surface area contributed by atoms with Gasteiger partial charge < -0.3 is 18.9 Å². The second-order valence-corrected chi connectivity index (χ2v) is 7.17. The standard InChI is InChI=1S/C28H21FO7/c1-4-27(31)35-24-11-18(10-22(15-24)33-3)6-7-19-8-9-20(14-26(19)29)21-12-23(34-17-30)16-25(13-21)36-28(32)5-2/h4-17H,1-2H2,3H3/b7-6+. The van der Waals surface area contributed by atoms with Gasteiger partial charge in [-0.05, 0) is 47.0 Å². The highest BCUT2D eigenvalue weighted by molar-refractivity contribution is 5.84. The van der Waals surface area contributed by atoms with E-state index in [1.807, 2.05) is 0 Å². The Morgan fingerprint density at radius 3 is 2.00 bits per heavy atom. The van der Waals surface area contributed by atoms with Crippen molar-refractivity contribution < 1.29 is 37.7 Å². The van der Waals surface area contributed by atoms with Gasteiger partial charge in [-0.3, -0.25) is 4.79 Å². The molecule has 0 aliphatic carbocycles. The van der Waals surface area contributed by atoms with E-state index in [1.165, 1.54) is 37.4 Å². The summed E-state index contributed by atoms with van der Waals surface area (Å²) in [5.41, 5.74) is 1.80. The molecule has 182 valence electrons. The molecule has 0 aromatic heterocycles. The third kappa shape index (κ3) is 6.77. The van der Waals surface area contributed by atoms with Crippen LogP contribution in [-0.2, 0) is 14.4 Å². The molecule has 0 fully saturated rings. The zero-order valence-electron chi connectivity index (χ0n) is 19.2. The quantitative estimate of drug-likeness (QED) is 0.124. The smallest absolute Gasteiger partial charge is 0.335 e. The van der Waals surface area contributed by atoms with Crippen molar-refractivity contribution >= 4 is 30.6 Å². The second kappa shape index (κ2) is 11.9. The maximum absolute atomic E-state index is 15.0. The number of hydrogen-bond acceptors (Lipinski definition) is 7. The molecule has 0 aliphatic heterocycles. The summed E-state index contributed by atoms with van der Waals surface area (Å²) in [5.74, 6) is -0.934. The lowest BCUT2D eigenvalue weighted by atomic mass is 10.0. The van der Waals surface area contributed by atoms with Gasteiger partial charge in [0.2, 0.25) is 0 Å². The number of rotatable bonds is 10. The molecule has 0 unspecified atom stereocenters. The molecule has 0 aliphatic rings. The monoisotopic (exact) mass is 488 g/mol. The van der Waals surface area contributed by atoms with Gasteiger partial charge in [0.05, 0.1) is 7.11 Å². The van der Waals surface area contributed by atoms with Crippen molar-refractivity contribution in [3.05, 3.63) is 96.9 Å². The minimum atomic E-state index is -0.698. The third-order valence-electron chi connectivity index (χ3n) is 4.76. The zero-order chi connectivity index (χ0) is 26.1. The largest absolute Gasteiger partial charge is 0.497 e. The number of carbonyl (C=O) groups excluding carboxylic acids is 3. The van der Waals surface area contributed by atoms with E-state index < -0.39 is 17.8 Å². The number of carbonyl (C=O) groups is 3. The molecule has 0 saturated heterocycles. The Morgan fingerprint density at radius 1 is 0.778 bits per heavy atom. The first-order valence-electron chi connectivity index (χ1n) is 10.5. The van der Waals surface area contributed by atoms with E-state index in [-0.39, 0.29) is 29.3 Å². The summed E-state index contributed by atoms with van der Waals surface area (Å²) < 4.78 is 35.3. The van der Waals surface area contributed by atoms with Gasteiger partial charge in [0, 0.05) is 29.8 Å². The van der Waals surface area contributed by atoms with Gasteiger partial charge >= 0.3 is 11.9 Å². The fourth-order valence-electron chi connectivity index (χ4n) is 3.13. The lowest BCUT2D eigenvalue weighted by Gasteiger charge is -2.10. The lowest BCUT2D eigenvalue weighted by Crippen LogP contribution is -2.03. The van der Waals surface area contributed by atoms with E-state index in [9.17, 15) is 18.8 Å². The van der Waals surface area contributed by atoms with Crippen LogP contribution in [0.25, 0.3) is 23.3 Å². The Morgan fingerprint density at radius 2 is 1.39 bits per heavy atom. The number of benzene rings is 3. The molecule has 36 heavy (non-hydrogen) atoms. The van der Waals surface area contributed by atoms with Crippen molar-refractivity contribution in [2.75, 3.05) is 7.11 Å². The van der Waals surface area contributed by atoms with Crippen LogP contribution in [0.4, 0.5) is 4.39 Å². The molecule has 0 radical (unpaired) electrons. The molecule has 0 amide bonds. The average Bonchev–Trinajstić information content (AvgIpc) is 2.87. The fourth-order valence-corrected chi connectivity index (χ4v) is 3.13. The molecule has 3 aromatic carbocycles. The van der Waals surface area contributed by atoms with Crippen LogP contribution < -0.4 is 18.9 Å². The Bertz CT molecular complexity index is 1360. The molecule has 0 N–H and O–H groups in total. The molecular weight excluding hydrogens is 467 g/mol. The van der Waals surface area contributed by atoms with Crippen LogP contribution in [0.5, 0.6) is 23.0 Å². The van der Waals surface area contributed by atoms with Gasteiger partial charge in [-0.2, -0.15) is 0 Å². The van der Waals surface area contributed by atoms with Gasteiger partial charge in [0.25, 0.3) is 6.47 Å². The van der Waals surface area contributed by atoms with Crippen LogP contribution >= 0.6 is 0 Å². The molecule has 0 saturated carbocycles. The minimum Gasteiger partial charge on any atom is -0.497 e. The zero-order valence-corrected chi connectivity index (χ0v) is 19.2. The SMILES string of the molecule is C=CC(=O)Oc1cc(/C=C/c2ccc(-c3cc(OC=O)cc(OC(=O)C=C)c3)cc2F)cc(OC)c1. The average molecular weight is 488 g/mol. The van der Waals surface area contributed by atoms with Crippen LogP contribution in [0.1, 0.15) is 11.1 Å². The summed E-state index contributed by atoms with van der Waals surface area (Å²) in [6.07, 6.45) is 5.22. The molecule has 3 rings (SSSR count). The summed E-state index contributed by atoms with van der Waals surface area (Å²) in [6.45, 7) is 6.93. The fraction of sp³-hybridized carbons (Fsp3) is 0.0357. The number of esters is 2. The normalized spacial score (nSPS) is 10.4. The predicted octanol–water partition coefficient (Wildman–Crippen LogP) is 5.39. The number of methoxy groups -OCH3 is 1. The van der Waals surface area contributed by atoms with Gasteiger partial charge in [0.1, 0.15) is 28.8 Å². The second-order valence-electron chi connectivity index (χ2n) is 7.17. The first kappa shape index (κ1) is 25.6. The van der Waals surface area contributed by atoms with E-state index in [0.717, 1.165) is 12.2 Å². The lowest BCUT2D eigenvalue weighted by molar-refractivity contribution is -0.129. The molecule has 8 heteroatoms. The van der Waals surface area contributed by atoms with Crippen molar-refractivity contribution in [2.45, 2.75) is 0 Å². The molecule has 0 atom stereocenters. The Hall–Kier alpha value is -4.98. The van der Waals surface area contributed by atoms with Crippen molar-refractivity contribution in [3.63, 3.8) is 0 Å². The first-order chi connectivity index (χ1) is 17.3. The van der Waals surface area contributed by atoms with Crippen molar-refractivity contribution in [1.82, 2.24) is 0 Å². The highest BCUT2D eigenvalue weighted by Gasteiger charge is 2.10. The summed E-state index contributed by atoms with van der Waals surface area (Å²) in [7, 11) is 1.47.